The summed E-state index contributed by atoms with van der Waals surface area (Å²) in [6, 6.07) is 3.58. The summed E-state index contributed by atoms with van der Waals surface area (Å²) in [6.45, 7) is 7.90. The van der Waals surface area contributed by atoms with Gasteiger partial charge in [-0.2, -0.15) is 0 Å². The van der Waals surface area contributed by atoms with Gasteiger partial charge in [-0.25, -0.2) is 4.98 Å². The molecule has 0 aliphatic rings. The molecule has 0 bridgehead atoms. The highest BCUT2D eigenvalue weighted by Gasteiger charge is 2.12. The Hall–Kier alpha value is -2.33. The van der Waals surface area contributed by atoms with Crippen molar-refractivity contribution in [3.8, 4) is 5.75 Å². The van der Waals surface area contributed by atoms with E-state index >= 15 is 0 Å². The molecular formula is C19H21ClN2O2. The number of alkyl halides is 1. The van der Waals surface area contributed by atoms with Crippen molar-refractivity contribution in [1.29, 1.82) is 0 Å². The van der Waals surface area contributed by atoms with Gasteiger partial charge in [0, 0.05) is 23.3 Å². The summed E-state index contributed by atoms with van der Waals surface area (Å²) >= 11 is 5.78. The number of allylic oxidation sites excluding steroid dienone is 3. The fourth-order valence-corrected chi connectivity index (χ4v) is 2.52. The van der Waals surface area contributed by atoms with Crippen molar-refractivity contribution in [2.75, 3.05) is 12.5 Å². The van der Waals surface area contributed by atoms with Crippen LogP contribution in [0.5, 0.6) is 5.75 Å². The van der Waals surface area contributed by atoms with Crippen LogP contribution in [0.15, 0.2) is 59.6 Å². The highest BCUT2D eigenvalue weighted by atomic mass is 35.5. The fourth-order valence-electron chi connectivity index (χ4n) is 2.33. The lowest BCUT2D eigenvalue weighted by atomic mass is 10.2. The van der Waals surface area contributed by atoms with Gasteiger partial charge in [-0.3, -0.25) is 9.20 Å². The van der Waals surface area contributed by atoms with Gasteiger partial charge in [0.2, 0.25) is 0 Å². The van der Waals surface area contributed by atoms with Crippen LogP contribution in [0.25, 0.3) is 5.65 Å². The third kappa shape index (κ3) is 3.95. The minimum atomic E-state index is -0.1000. The van der Waals surface area contributed by atoms with Gasteiger partial charge in [0.05, 0.1) is 0 Å². The smallest absolute Gasteiger partial charge is 0.261 e. The Labute approximate surface area is 146 Å². The SMILES string of the molecule is C=C/C(=C\C=C/C)COc1cccn2c(=O)c(CCCl)c(C)nc12. The van der Waals surface area contributed by atoms with Gasteiger partial charge in [0.15, 0.2) is 11.4 Å². The van der Waals surface area contributed by atoms with Crippen LogP contribution in [0.1, 0.15) is 18.2 Å². The van der Waals surface area contributed by atoms with Gasteiger partial charge in [-0.15, -0.1) is 11.6 Å². The van der Waals surface area contributed by atoms with E-state index in [-0.39, 0.29) is 5.56 Å². The molecule has 0 unspecified atom stereocenters. The maximum Gasteiger partial charge on any atom is 0.261 e. The molecule has 2 aromatic heterocycles. The standard InChI is InChI=1S/C19H21ClN2O2/c1-4-6-8-15(5-2)13-24-17-9-7-12-22-18(17)21-14(3)16(10-11-20)19(22)23/h4-9,12H,2,10-11,13H2,1,3H3/b6-4-,15-8+. The molecule has 2 heterocycles. The third-order valence-corrected chi connectivity index (χ3v) is 3.81. The number of hydrogen-bond acceptors (Lipinski definition) is 3. The molecule has 2 rings (SSSR count). The summed E-state index contributed by atoms with van der Waals surface area (Å²) in [5.41, 5.74) is 2.67. The van der Waals surface area contributed by atoms with Crippen LogP contribution in [0.4, 0.5) is 0 Å². The van der Waals surface area contributed by atoms with E-state index in [1.165, 1.54) is 4.40 Å². The van der Waals surface area contributed by atoms with E-state index in [0.717, 1.165) is 5.57 Å². The van der Waals surface area contributed by atoms with E-state index in [1.54, 1.807) is 24.4 Å². The molecular weight excluding hydrogens is 324 g/mol. The highest BCUT2D eigenvalue weighted by Crippen LogP contribution is 2.18. The summed E-state index contributed by atoms with van der Waals surface area (Å²) < 4.78 is 7.36. The van der Waals surface area contributed by atoms with Gasteiger partial charge >= 0.3 is 0 Å². The van der Waals surface area contributed by atoms with Crippen molar-refractivity contribution in [1.82, 2.24) is 9.38 Å². The number of pyridine rings is 1. The summed E-state index contributed by atoms with van der Waals surface area (Å²) in [5, 5.41) is 0. The van der Waals surface area contributed by atoms with Gasteiger partial charge in [-0.05, 0) is 38.0 Å². The largest absolute Gasteiger partial charge is 0.485 e. The van der Waals surface area contributed by atoms with E-state index in [4.69, 9.17) is 16.3 Å². The number of hydrogen-bond donors (Lipinski definition) is 0. The Morgan fingerprint density at radius 2 is 2.29 bits per heavy atom. The number of aromatic nitrogens is 2. The molecule has 2 aromatic rings. The van der Waals surface area contributed by atoms with E-state index in [0.29, 0.717) is 41.6 Å². The van der Waals surface area contributed by atoms with E-state index < -0.39 is 0 Å². The lowest BCUT2D eigenvalue weighted by Gasteiger charge is -2.12. The number of nitrogens with zero attached hydrogens (tertiary/aromatic N) is 2. The van der Waals surface area contributed by atoms with Crippen LogP contribution < -0.4 is 10.3 Å². The molecule has 0 fully saturated rings. The van der Waals surface area contributed by atoms with Gasteiger partial charge in [0.1, 0.15) is 6.61 Å². The Morgan fingerprint density at radius 1 is 1.50 bits per heavy atom. The van der Waals surface area contributed by atoms with Crippen molar-refractivity contribution in [3.63, 3.8) is 0 Å². The zero-order chi connectivity index (χ0) is 17.5. The van der Waals surface area contributed by atoms with Crippen LogP contribution in [0, 0.1) is 6.92 Å². The minimum absolute atomic E-state index is 0.1000. The monoisotopic (exact) mass is 344 g/mol. The molecule has 0 atom stereocenters. The summed E-state index contributed by atoms with van der Waals surface area (Å²) in [6.07, 6.45) is 9.73. The normalized spacial score (nSPS) is 12.0. The molecule has 5 heteroatoms. The summed E-state index contributed by atoms with van der Waals surface area (Å²) in [4.78, 5) is 17.1. The molecule has 0 radical (unpaired) electrons. The number of halogens is 1. The molecule has 0 N–H and O–H groups in total. The second kappa shape index (κ2) is 8.50. The lowest BCUT2D eigenvalue weighted by Crippen LogP contribution is -2.22. The van der Waals surface area contributed by atoms with Crippen molar-refractivity contribution in [2.45, 2.75) is 20.3 Å². The molecule has 4 nitrogen and oxygen atoms in total. The van der Waals surface area contributed by atoms with Gasteiger partial charge in [0.25, 0.3) is 5.56 Å². The average molecular weight is 345 g/mol. The van der Waals surface area contributed by atoms with E-state index in [1.807, 2.05) is 32.1 Å². The van der Waals surface area contributed by atoms with Gasteiger partial charge in [-0.1, -0.05) is 30.9 Å². The van der Waals surface area contributed by atoms with Crippen molar-refractivity contribution in [3.05, 3.63) is 76.4 Å². The fraction of sp³-hybridized carbons (Fsp3) is 0.263. The number of rotatable bonds is 7. The molecule has 0 amide bonds. The van der Waals surface area contributed by atoms with Crippen molar-refractivity contribution >= 4 is 17.2 Å². The van der Waals surface area contributed by atoms with Crippen LogP contribution in [-0.2, 0) is 6.42 Å². The zero-order valence-corrected chi connectivity index (χ0v) is 14.7. The van der Waals surface area contributed by atoms with E-state index in [9.17, 15) is 4.79 Å². The molecule has 0 spiro atoms. The number of aryl methyl sites for hydroxylation is 1. The Balaban J connectivity index is 2.42. The first kappa shape index (κ1) is 18.0. The Kier molecular flexibility index (Phi) is 6.38. The third-order valence-electron chi connectivity index (χ3n) is 3.62. The van der Waals surface area contributed by atoms with Crippen molar-refractivity contribution < 1.29 is 4.74 Å². The first-order valence-corrected chi connectivity index (χ1v) is 8.29. The maximum absolute atomic E-state index is 12.6. The molecule has 0 saturated carbocycles. The predicted octanol–water partition coefficient (Wildman–Crippen LogP) is 3.85. The Bertz CT molecular complexity index is 850. The average Bonchev–Trinajstić information content (AvgIpc) is 2.59. The summed E-state index contributed by atoms with van der Waals surface area (Å²) in [5.74, 6) is 0.946. The molecule has 0 aliphatic heterocycles. The van der Waals surface area contributed by atoms with Crippen LogP contribution in [0.3, 0.4) is 0 Å². The summed E-state index contributed by atoms with van der Waals surface area (Å²) in [7, 11) is 0. The number of ether oxygens (including phenoxy) is 1. The first-order valence-electron chi connectivity index (χ1n) is 7.76. The van der Waals surface area contributed by atoms with Crippen LogP contribution in [-0.4, -0.2) is 21.9 Å². The van der Waals surface area contributed by atoms with Crippen LogP contribution >= 0.6 is 11.6 Å². The molecule has 0 saturated heterocycles. The zero-order valence-electron chi connectivity index (χ0n) is 14.0. The van der Waals surface area contributed by atoms with Gasteiger partial charge < -0.3 is 4.74 Å². The molecule has 0 aliphatic carbocycles. The maximum atomic E-state index is 12.6. The number of fused-ring (bicyclic) bond motifs is 1. The second-order valence-electron chi connectivity index (χ2n) is 5.25. The second-order valence-corrected chi connectivity index (χ2v) is 5.62. The Morgan fingerprint density at radius 3 is 2.96 bits per heavy atom. The topological polar surface area (TPSA) is 43.6 Å². The molecule has 24 heavy (non-hydrogen) atoms. The van der Waals surface area contributed by atoms with E-state index in [2.05, 4.69) is 11.6 Å². The molecule has 126 valence electrons. The van der Waals surface area contributed by atoms with Crippen molar-refractivity contribution in [2.24, 2.45) is 0 Å². The quantitative estimate of drug-likeness (QED) is 0.566. The first-order chi connectivity index (χ1) is 11.6. The van der Waals surface area contributed by atoms with Crippen LogP contribution in [0.2, 0.25) is 0 Å². The molecule has 0 aromatic carbocycles. The lowest BCUT2D eigenvalue weighted by molar-refractivity contribution is 0.357. The predicted molar refractivity (Wildman–Crippen MR) is 99.2 cm³/mol. The minimum Gasteiger partial charge on any atom is -0.485 e. The highest BCUT2D eigenvalue weighted by molar-refractivity contribution is 6.18.